The highest BCUT2D eigenvalue weighted by Gasteiger charge is 2.29. The summed E-state index contributed by atoms with van der Waals surface area (Å²) in [7, 11) is -3.77. The van der Waals surface area contributed by atoms with E-state index < -0.39 is 10.0 Å². The summed E-state index contributed by atoms with van der Waals surface area (Å²) >= 11 is 6.02. The van der Waals surface area contributed by atoms with Crippen molar-refractivity contribution in [3.63, 3.8) is 0 Å². The van der Waals surface area contributed by atoms with E-state index in [2.05, 4.69) is 0 Å². The van der Waals surface area contributed by atoms with Gasteiger partial charge in [-0.15, -0.1) is 0 Å². The van der Waals surface area contributed by atoms with Gasteiger partial charge in [0, 0.05) is 17.1 Å². The summed E-state index contributed by atoms with van der Waals surface area (Å²) in [5, 5.41) is 5.84. The molecule has 0 fully saturated rings. The first-order valence-corrected chi connectivity index (χ1v) is 14.1. The molecule has 0 saturated carbocycles. The first-order chi connectivity index (χ1) is 18.8. The lowest BCUT2D eigenvalue weighted by Gasteiger charge is -2.21. The fourth-order valence-electron chi connectivity index (χ4n) is 4.26. The maximum absolute atomic E-state index is 13.5. The molecule has 0 aromatic heterocycles. The van der Waals surface area contributed by atoms with Crippen molar-refractivity contribution in [1.29, 1.82) is 0 Å². The monoisotopic (exact) mass is 556 g/mol. The first kappa shape index (κ1) is 26.4. The molecule has 0 aliphatic carbocycles. The second kappa shape index (κ2) is 11.3. The van der Waals surface area contributed by atoms with Crippen molar-refractivity contribution in [2.45, 2.75) is 11.3 Å². The lowest BCUT2D eigenvalue weighted by molar-refractivity contribution is -0.122. The zero-order valence-electron chi connectivity index (χ0n) is 20.8. The van der Waals surface area contributed by atoms with Gasteiger partial charge in [-0.3, -0.25) is 4.79 Å². The Labute approximate surface area is 232 Å². The number of para-hydroxylation sites is 1. The molecule has 0 bridgehead atoms. The van der Waals surface area contributed by atoms with Crippen molar-refractivity contribution < 1.29 is 17.9 Å². The molecule has 2 N–H and O–H groups in total. The molecule has 1 amide bonds. The van der Waals surface area contributed by atoms with E-state index in [1.54, 1.807) is 29.2 Å². The van der Waals surface area contributed by atoms with Gasteiger partial charge in [0.1, 0.15) is 11.5 Å². The molecule has 0 unspecified atom stereocenters. The zero-order valence-corrected chi connectivity index (χ0v) is 22.4. The van der Waals surface area contributed by atoms with Crippen LogP contribution in [0.5, 0.6) is 11.5 Å². The number of primary sulfonamides is 1. The molecule has 0 spiro atoms. The minimum Gasteiger partial charge on any atom is -0.457 e. The van der Waals surface area contributed by atoms with Gasteiger partial charge in [-0.25, -0.2) is 13.6 Å². The molecule has 1 aliphatic heterocycles. The number of halogens is 1. The number of amides is 1. The van der Waals surface area contributed by atoms with Gasteiger partial charge in [0.05, 0.1) is 10.6 Å². The van der Waals surface area contributed by atoms with E-state index in [1.807, 2.05) is 78.9 Å². The van der Waals surface area contributed by atoms with E-state index in [0.29, 0.717) is 29.3 Å². The van der Waals surface area contributed by atoms with Crippen LogP contribution in [0.1, 0.15) is 16.7 Å². The number of nitrogens with two attached hydrogens (primary N) is 1. The average molecular weight is 557 g/mol. The van der Waals surface area contributed by atoms with Crippen LogP contribution >= 0.6 is 11.6 Å². The molecule has 4 aromatic rings. The van der Waals surface area contributed by atoms with E-state index in [9.17, 15) is 13.2 Å². The molecular weight excluding hydrogens is 532 g/mol. The summed E-state index contributed by atoms with van der Waals surface area (Å²) in [6, 6.07) is 30.8. The van der Waals surface area contributed by atoms with Crippen LogP contribution in [0.25, 0.3) is 11.8 Å². The van der Waals surface area contributed by atoms with E-state index in [-0.39, 0.29) is 10.8 Å². The molecule has 1 aliphatic rings. The van der Waals surface area contributed by atoms with Crippen LogP contribution in [0.4, 0.5) is 0 Å². The minimum absolute atomic E-state index is 0.0510. The van der Waals surface area contributed by atoms with Crippen LogP contribution in [0.3, 0.4) is 0 Å². The number of carbonyl (C=O) groups is 1. The van der Waals surface area contributed by atoms with Crippen molar-refractivity contribution in [2.24, 2.45) is 5.14 Å². The first-order valence-electron chi connectivity index (χ1n) is 12.2. The van der Waals surface area contributed by atoms with E-state index in [1.165, 1.54) is 12.1 Å². The zero-order chi connectivity index (χ0) is 27.4. The van der Waals surface area contributed by atoms with Crippen LogP contribution < -0.4 is 9.88 Å². The second-order valence-electron chi connectivity index (χ2n) is 9.02. The standard InChI is InChI=1S/C31H25ClN2O4S/c32-26-12-6-23(7-13-26)20-25-21-30(24-10-14-28(15-11-24)38-27-4-2-1-3-5-27)34(31(25)35)19-18-22-8-16-29(17-9-22)39(33,36)37/h1-17,20-21H,18-19H2,(H2,33,36,37)/b25-20-. The van der Waals surface area contributed by atoms with Gasteiger partial charge in [0.2, 0.25) is 10.0 Å². The Kier molecular flexibility index (Phi) is 7.65. The molecule has 4 aromatic carbocycles. The van der Waals surface area contributed by atoms with E-state index in [4.69, 9.17) is 21.5 Å². The Morgan fingerprint density at radius 1 is 0.821 bits per heavy atom. The summed E-state index contributed by atoms with van der Waals surface area (Å²) in [6.45, 7) is 0.402. The Bertz CT molecular complexity index is 1650. The number of benzene rings is 4. The largest absolute Gasteiger partial charge is 0.457 e. The highest BCUT2D eigenvalue weighted by molar-refractivity contribution is 7.89. The van der Waals surface area contributed by atoms with Crippen molar-refractivity contribution in [3.05, 3.63) is 136 Å². The number of nitrogens with zero attached hydrogens (tertiary/aromatic N) is 1. The van der Waals surface area contributed by atoms with Gasteiger partial charge < -0.3 is 9.64 Å². The fraction of sp³-hybridized carbons (Fsp3) is 0.0645. The van der Waals surface area contributed by atoms with Crippen molar-refractivity contribution >= 4 is 39.3 Å². The third-order valence-corrected chi connectivity index (χ3v) is 7.45. The minimum atomic E-state index is -3.77. The summed E-state index contributed by atoms with van der Waals surface area (Å²) in [4.78, 5) is 15.3. The van der Waals surface area contributed by atoms with Crippen LogP contribution in [-0.4, -0.2) is 25.8 Å². The predicted molar refractivity (Wildman–Crippen MR) is 154 cm³/mol. The van der Waals surface area contributed by atoms with Crippen LogP contribution in [-0.2, 0) is 21.2 Å². The predicted octanol–water partition coefficient (Wildman–Crippen LogP) is 6.29. The van der Waals surface area contributed by atoms with E-state index >= 15 is 0 Å². The average Bonchev–Trinajstić information content (AvgIpc) is 3.24. The Hall–Kier alpha value is -4.17. The number of sulfonamides is 1. The number of hydrogen-bond acceptors (Lipinski definition) is 4. The highest BCUT2D eigenvalue weighted by atomic mass is 35.5. The molecule has 5 rings (SSSR count). The third kappa shape index (κ3) is 6.46. The smallest absolute Gasteiger partial charge is 0.258 e. The molecule has 0 saturated heterocycles. The quantitative estimate of drug-likeness (QED) is 0.258. The van der Waals surface area contributed by atoms with Crippen molar-refractivity contribution in [1.82, 2.24) is 4.90 Å². The van der Waals surface area contributed by atoms with E-state index in [0.717, 1.165) is 28.1 Å². The molecule has 8 heteroatoms. The summed E-state index contributed by atoms with van der Waals surface area (Å²) < 4.78 is 29.1. The molecule has 6 nitrogen and oxygen atoms in total. The number of ether oxygens (including phenoxy) is 1. The third-order valence-electron chi connectivity index (χ3n) is 6.27. The summed E-state index contributed by atoms with van der Waals surface area (Å²) in [5.74, 6) is 1.31. The Morgan fingerprint density at radius 2 is 1.46 bits per heavy atom. The van der Waals surface area contributed by atoms with Crippen LogP contribution in [0, 0.1) is 0 Å². The highest BCUT2D eigenvalue weighted by Crippen LogP contribution is 2.33. The van der Waals surface area contributed by atoms with Gasteiger partial charge in [-0.05, 0) is 95.9 Å². The number of hydrogen-bond donors (Lipinski definition) is 1. The van der Waals surface area contributed by atoms with Gasteiger partial charge in [0.25, 0.3) is 5.91 Å². The maximum Gasteiger partial charge on any atom is 0.258 e. The van der Waals surface area contributed by atoms with Gasteiger partial charge in [0.15, 0.2) is 0 Å². The maximum atomic E-state index is 13.5. The Morgan fingerprint density at radius 3 is 2.10 bits per heavy atom. The van der Waals surface area contributed by atoms with Crippen molar-refractivity contribution in [3.8, 4) is 11.5 Å². The Balaban J connectivity index is 1.41. The molecule has 0 radical (unpaired) electrons. The van der Waals surface area contributed by atoms with Gasteiger partial charge >= 0.3 is 0 Å². The fourth-order valence-corrected chi connectivity index (χ4v) is 4.90. The molecular formula is C31H25ClN2O4S. The summed E-state index contributed by atoms with van der Waals surface area (Å²) in [6.07, 6.45) is 4.25. The van der Waals surface area contributed by atoms with Crippen LogP contribution in [0.2, 0.25) is 5.02 Å². The van der Waals surface area contributed by atoms with Gasteiger partial charge in [-0.2, -0.15) is 0 Å². The lowest BCUT2D eigenvalue weighted by atomic mass is 10.1. The number of carbonyl (C=O) groups excluding carboxylic acids is 1. The number of rotatable bonds is 8. The van der Waals surface area contributed by atoms with Gasteiger partial charge in [-0.1, -0.05) is 54.1 Å². The molecule has 39 heavy (non-hydrogen) atoms. The normalized spacial score (nSPS) is 14.5. The molecule has 1 heterocycles. The topological polar surface area (TPSA) is 89.7 Å². The van der Waals surface area contributed by atoms with Crippen molar-refractivity contribution in [2.75, 3.05) is 6.54 Å². The lowest BCUT2D eigenvalue weighted by Crippen LogP contribution is -2.27. The molecule has 0 atom stereocenters. The SMILES string of the molecule is NS(=O)(=O)c1ccc(CCN2C(=O)/C(=C\c3ccc(Cl)cc3)C=C2c2ccc(Oc3ccccc3)cc2)cc1. The second-order valence-corrected chi connectivity index (χ2v) is 11.0. The van der Waals surface area contributed by atoms with Crippen LogP contribution in [0.15, 0.2) is 120 Å². The summed E-state index contributed by atoms with van der Waals surface area (Å²) in [5.41, 5.74) is 3.95. The molecule has 196 valence electrons.